The topological polar surface area (TPSA) is 23.6 Å². The van der Waals surface area contributed by atoms with Crippen molar-refractivity contribution in [3.63, 3.8) is 0 Å². The zero-order chi connectivity index (χ0) is 15.5. The van der Waals surface area contributed by atoms with Crippen molar-refractivity contribution in [1.82, 2.24) is 4.90 Å². The van der Waals surface area contributed by atoms with Crippen molar-refractivity contribution in [2.75, 3.05) is 24.5 Å². The Hall–Kier alpha value is -1.07. The molecule has 1 amide bonds. The number of nitrogens with zero attached hydrogens (tertiary/aromatic N) is 2. The maximum atomic E-state index is 12.8. The first-order valence-corrected chi connectivity index (χ1v) is 9.30. The van der Waals surface area contributed by atoms with Crippen LogP contribution in [0, 0.1) is 0 Å². The molecular weight excluding hydrogens is 312 g/mol. The monoisotopic (exact) mass is 334 g/mol. The van der Waals surface area contributed by atoms with Crippen LogP contribution >= 0.6 is 24.0 Å². The number of benzene rings is 1. The molecule has 0 N–H and O–H groups in total. The number of rotatable bonds is 2. The number of likely N-dealkylation sites (tertiary alicyclic amines) is 1. The third-order valence-electron chi connectivity index (χ3n) is 4.37. The molecule has 0 bridgehead atoms. The third kappa shape index (κ3) is 3.30. The maximum absolute atomic E-state index is 12.8. The first-order chi connectivity index (χ1) is 10.7. The van der Waals surface area contributed by atoms with Crippen LogP contribution in [0.2, 0.25) is 0 Å². The molecule has 0 saturated carbocycles. The van der Waals surface area contributed by atoms with Crippen molar-refractivity contribution in [2.45, 2.75) is 37.9 Å². The molecule has 0 spiro atoms. The van der Waals surface area contributed by atoms with Crippen LogP contribution in [0.3, 0.4) is 0 Å². The van der Waals surface area contributed by atoms with Crippen LogP contribution in [-0.4, -0.2) is 40.0 Å². The van der Waals surface area contributed by atoms with Gasteiger partial charge in [0.2, 0.25) is 5.91 Å². The van der Waals surface area contributed by atoms with E-state index in [1.165, 1.54) is 30.2 Å². The van der Waals surface area contributed by atoms with Crippen LogP contribution in [0.25, 0.3) is 0 Å². The number of hydrogen-bond donors (Lipinski definition) is 0. The summed E-state index contributed by atoms with van der Waals surface area (Å²) in [4.78, 5) is 17.0. The van der Waals surface area contributed by atoms with E-state index in [1.807, 2.05) is 24.0 Å². The standard InChI is InChI=1S/C17H22N2OS2/c1-13(22-17(21)18-10-4-5-11-18)16(20)19-12-6-8-14-7-2-3-9-15(14)19/h2-3,7,9,13H,4-6,8,10-12H2,1H3. The first-order valence-electron chi connectivity index (χ1n) is 8.01. The van der Waals surface area contributed by atoms with Gasteiger partial charge in [-0.2, -0.15) is 0 Å². The molecule has 2 aliphatic rings. The molecule has 3 rings (SSSR count). The normalized spacial score (nSPS) is 19.0. The quantitative estimate of drug-likeness (QED) is 0.773. The van der Waals surface area contributed by atoms with Crippen LogP contribution in [0.4, 0.5) is 5.69 Å². The summed E-state index contributed by atoms with van der Waals surface area (Å²) in [7, 11) is 0. The third-order valence-corrected chi connectivity index (χ3v) is 5.93. The molecule has 0 aliphatic carbocycles. The zero-order valence-electron chi connectivity index (χ0n) is 13.0. The Morgan fingerprint density at radius 3 is 2.68 bits per heavy atom. The first kappa shape index (κ1) is 15.8. The lowest BCUT2D eigenvalue weighted by Crippen LogP contribution is -2.41. The van der Waals surface area contributed by atoms with E-state index in [9.17, 15) is 4.79 Å². The molecule has 5 heteroatoms. The molecule has 1 atom stereocenters. The summed E-state index contributed by atoms with van der Waals surface area (Å²) in [5.74, 6) is 0.179. The van der Waals surface area contributed by atoms with Gasteiger partial charge in [0.25, 0.3) is 0 Å². The van der Waals surface area contributed by atoms with Gasteiger partial charge in [-0.25, -0.2) is 0 Å². The smallest absolute Gasteiger partial charge is 0.240 e. The van der Waals surface area contributed by atoms with Crippen LogP contribution in [-0.2, 0) is 11.2 Å². The number of thiocarbonyl (C=S) groups is 1. The van der Waals surface area contributed by atoms with Gasteiger partial charge in [-0.1, -0.05) is 42.2 Å². The Balaban J connectivity index is 1.67. The van der Waals surface area contributed by atoms with Gasteiger partial charge < -0.3 is 9.80 Å². The molecular formula is C17H22N2OS2. The van der Waals surface area contributed by atoms with Gasteiger partial charge >= 0.3 is 0 Å². The number of carbonyl (C=O) groups is 1. The molecule has 22 heavy (non-hydrogen) atoms. The molecule has 118 valence electrons. The minimum Gasteiger partial charge on any atom is -0.358 e. The number of aryl methyl sites for hydroxylation is 1. The Bertz CT molecular complexity index is 570. The second-order valence-corrected chi connectivity index (χ2v) is 7.92. The minimum absolute atomic E-state index is 0.126. The van der Waals surface area contributed by atoms with Crippen LogP contribution < -0.4 is 4.90 Å². The van der Waals surface area contributed by atoms with Crippen LogP contribution in [0.1, 0.15) is 31.7 Å². The number of fused-ring (bicyclic) bond motifs is 1. The number of para-hydroxylation sites is 1. The second-order valence-electron chi connectivity index (χ2n) is 5.94. The lowest BCUT2D eigenvalue weighted by molar-refractivity contribution is -0.117. The summed E-state index contributed by atoms with van der Waals surface area (Å²) in [5, 5.41) is -0.126. The largest absolute Gasteiger partial charge is 0.358 e. The average molecular weight is 335 g/mol. The van der Waals surface area contributed by atoms with Crippen molar-refractivity contribution >= 4 is 39.9 Å². The molecule has 0 radical (unpaired) electrons. The van der Waals surface area contributed by atoms with E-state index in [2.05, 4.69) is 17.0 Å². The highest BCUT2D eigenvalue weighted by Gasteiger charge is 2.28. The van der Waals surface area contributed by atoms with Crippen molar-refractivity contribution < 1.29 is 4.79 Å². The van der Waals surface area contributed by atoms with E-state index in [0.717, 1.165) is 42.5 Å². The van der Waals surface area contributed by atoms with E-state index in [4.69, 9.17) is 12.2 Å². The summed E-state index contributed by atoms with van der Waals surface area (Å²) >= 11 is 7.05. The fraction of sp³-hybridized carbons (Fsp3) is 0.529. The summed E-state index contributed by atoms with van der Waals surface area (Å²) in [5.41, 5.74) is 2.36. The van der Waals surface area contributed by atoms with E-state index >= 15 is 0 Å². The highest BCUT2D eigenvalue weighted by atomic mass is 32.2. The Morgan fingerprint density at radius 1 is 1.18 bits per heavy atom. The summed E-state index contributed by atoms with van der Waals surface area (Å²) < 4.78 is 0.878. The van der Waals surface area contributed by atoms with Crippen LogP contribution in [0.15, 0.2) is 24.3 Å². The second kappa shape index (κ2) is 7.01. The van der Waals surface area contributed by atoms with Gasteiger partial charge in [-0.15, -0.1) is 0 Å². The molecule has 1 unspecified atom stereocenters. The van der Waals surface area contributed by atoms with Gasteiger partial charge in [0.15, 0.2) is 0 Å². The van der Waals surface area contributed by atoms with Crippen molar-refractivity contribution in [3.05, 3.63) is 29.8 Å². The molecule has 1 aromatic carbocycles. The van der Waals surface area contributed by atoms with Crippen LogP contribution in [0.5, 0.6) is 0 Å². The Morgan fingerprint density at radius 2 is 1.91 bits per heavy atom. The molecule has 1 aromatic rings. The molecule has 2 aliphatic heterocycles. The predicted octanol–water partition coefficient (Wildman–Crippen LogP) is 3.47. The number of hydrogen-bond acceptors (Lipinski definition) is 3. The molecule has 2 heterocycles. The van der Waals surface area contributed by atoms with Crippen molar-refractivity contribution in [2.24, 2.45) is 0 Å². The number of carbonyl (C=O) groups excluding carboxylic acids is 1. The number of anilines is 1. The van der Waals surface area contributed by atoms with Gasteiger partial charge in [0.05, 0.1) is 5.25 Å². The number of thioether (sulfide) groups is 1. The maximum Gasteiger partial charge on any atom is 0.240 e. The van der Waals surface area contributed by atoms with E-state index < -0.39 is 0 Å². The molecule has 0 aromatic heterocycles. The summed E-state index contributed by atoms with van der Waals surface area (Å²) in [6.45, 7) is 4.88. The Labute approximate surface area is 142 Å². The van der Waals surface area contributed by atoms with Gasteiger partial charge in [-0.3, -0.25) is 4.79 Å². The van der Waals surface area contributed by atoms with Crippen molar-refractivity contribution in [3.8, 4) is 0 Å². The minimum atomic E-state index is -0.126. The average Bonchev–Trinajstić information content (AvgIpc) is 3.08. The molecule has 3 nitrogen and oxygen atoms in total. The highest BCUT2D eigenvalue weighted by Crippen LogP contribution is 2.29. The SMILES string of the molecule is CC(SC(=S)N1CCCC1)C(=O)N1CCCc2ccccc21. The lowest BCUT2D eigenvalue weighted by Gasteiger charge is -2.31. The fourth-order valence-electron chi connectivity index (χ4n) is 3.16. The molecule has 1 fully saturated rings. The zero-order valence-corrected chi connectivity index (χ0v) is 14.6. The van der Waals surface area contributed by atoms with Gasteiger partial charge in [0, 0.05) is 25.3 Å². The summed E-state index contributed by atoms with van der Waals surface area (Å²) in [6, 6.07) is 8.24. The highest BCUT2D eigenvalue weighted by molar-refractivity contribution is 8.23. The Kier molecular flexibility index (Phi) is 5.03. The van der Waals surface area contributed by atoms with E-state index in [1.54, 1.807) is 0 Å². The predicted molar refractivity (Wildman–Crippen MR) is 97.6 cm³/mol. The number of amides is 1. The van der Waals surface area contributed by atoms with E-state index in [0.29, 0.717) is 0 Å². The van der Waals surface area contributed by atoms with Gasteiger partial charge in [0.1, 0.15) is 4.32 Å². The lowest BCUT2D eigenvalue weighted by atomic mass is 10.0. The van der Waals surface area contributed by atoms with Gasteiger partial charge in [-0.05, 0) is 44.2 Å². The van der Waals surface area contributed by atoms with Crippen molar-refractivity contribution in [1.29, 1.82) is 0 Å². The molecule has 1 saturated heterocycles. The fourth-order valence-corrected chi connectivity index (χ4v) is 4.64. The van der Waals surface area contributed by atoms with E-state index in [-0.39, 0.29) is 11.2 Å². The summed E-state index contributed by atoms with van der Waals surface area (Å²) in [6.07, 6.45) is 4.52.